The molecular formula is C6H4Cl3NO2S. The van der Waals surface area contributed by atoms with Gasteiger partial charge in [0.1, 0.15) is 4.90 Å². The molecule has 0 atom stereocenters. The third-order valence-corrected chi connectivity index (χ3v) is 3.42. The molecule has 72 valence electrons. The molecule has 0 radical (unpaired) electrons. The molecule has 0 spiro atoms. The van der Waals surface area contributed by atoms with Crippen LogP contribution in [0.2, 0.25) is 10.0 Å². The zero-order chi connectivity index (χ0) is 10.2. The van der Waals surface area contributed by atoms with Crippen LogP contribution in [0.5, 0.6) is 0 Å². The van der Waals surface area contributed by atoms with Crippen LogP contribution in [0.1, 0.15) is 0 Å². The van der Waals surface area contributed by atoms with E-state index in [9.17, 15) is 8.42 Å². The minimum atomic E-state index is -3.87. The molecule has 7 heteroatoms. The molecule has 1 aromatic rings. The summed E-state index contributed by atoms with van der Waals surface area (Å²) in [4.78, 5) is -0.233. The Labute approximate surface area is 89.8 Å². The molecule has 0 heterocycles. The van der Waals surface area contributed by atoms with Crippen LogP contribution in [-0.2, 0) is 9.05 Å². The number of anilines is 1. The standard InChI is InChI=1S/C6H4Cl3NO2S/c7-3-1-5(10)6(2-4(3)8)13(9,11)12/h1-2H,10H2. The van der Waals surface area contributed by atoms with E-state index in [1.54, 1.807) is 0 Å². The highest BCUT2D eigenvalue weighted by molar-refractivity contribution is 8.13. The van der Waals surface area contributed by atoms with Gasteiger partial charge < -0.3 is 5.73 Å². The molecule has 0 aliphatic carbocycles. The monoisotopic (exact) mass is 259 g/mol. The Bertz CT molecular complexity index is 443. The van der Waals surface area contributed by atoms with Crippen molar-refractivity contribution >= 4 is 48.6 Å². The Hall–Kier alpha value is -0.160. The van der Waals surface area contributed by atoms with Gasteiger partial charge in [0.25, 0.3) is 9.05 Å². The van der Waals surface area contributed by atoms with E-state index in [4.69, 9.17) is 39.6 Å². The van der Waals surface area contributed by atoms with Gasteiger partial charge >= 0.3 is 0 Å². The summed E-state index contributed by atoms with van der Waals surface area (Å²) in [6.07, 6.45) is 0. The van der Waals surface area contributed by atoms with Crippen molar-refractivity contribution in [2.45, 2.75) is 4.90 Å². The van der Waals surface area contributed by atoms with Gasteiger partial charge in [-0.3, -0.25) is 0 Å². The lowest BCUT2D eigenvalue weighted by molar-refractivity contribution is 0.610. The van der Waals surface area contributed by atoms with Crippen molar-refractivity contribution in [2.75, 3.05) is 5.73 Å². The minimum absolute atomic E-state index is 0.0237. The number of hydrogen-bond acceptors (Lipinski definition) is 3. The summed E-state index contributed by atoms with van der Waals surface area (Å²) < 4.78 is 21.8. The van der Waals surface area contributed by atoms with Gasteiger partial charge in [0, 0.05) is 10.7 Å². The average Bonchev–Trinajstić information content (AvgIpc) is 1.94. The van der Waals surface area contributed by atoms with E-state index in [1.807, 2.05) is 0 Å². The van der Waals surface area contributed by atoms with E-state index in [1.165, 1.54) is 6.07 Å². The Morgan fingerprint density at radius 2 is 1.62 bits per heavy atom. The van der Waals surface area contributed by atoms with E-state index in [-0.39, 0.29) is 20.6 Å². The third-order valence-electron chi connectivity index (χ3n) is 1.32. The van der Waals surface area contributed by atoms with Crippen LogP contribution in [0.3, 0.4) is 0 Å². The highest BCUT2D eigenvalue weighted by atomic mass is 35.7. The topological polar surface area (TPSA) is 60.2 Å². The van der Waals surface area contributed by atoms with Crippen molar-refractivity contribution in [3.63, 3.8) is 0 Å². The number of hydrogen-bond donors (Lipinski definition) is 1. The highest BCUT2D eigenvalue weighted by Crippen LogP contribution is 2.31. The first kappa shape index (κ1) is 10.9. The molecular weight excluding hydrogens is 256 g/mol. The number of halogens is 3. The molecule has 0 bridgehead atoms. The van der Waals surface area contributed by atoms with E-state index in [2.05, 4.69) is 0 Å². The zero-order valence-corrected chi connectivity index (χ0v) is 9.17. The molecule has 0 amide bonds. The molecule has 13 heavy (non-hydrogen) atoms. The van der Waals surface area contributed by atoms with E-state index < -0.39 is 9.05 Å². The summed E-state index contributed by atoms with van der Waals surface area (Å²) in [6.45, 7) is 0. The fourth-order valence-electron chi connectivity index (χ4n) is 0.755. The van der Waals surface area contributed by atoms with Crippen LogP contribution in [0, 0.1) is 0 Å². The molecule has 0 fully saturated rings. The van der Waals surface area contributed by atoms with Crippen LogP contribution < -0.4 is 5.73 Å². The summed E-state index contributed by atoms with van der Waals surface area (Å²) in [6, 6.07) is 2.35. The second-order valence-electron chi connectivity index (χ2n) is 2.24. The van der Waals surface area contributed by atoms with Crippen LogP contribution in [0.25, 0.3) is 0 Å². The summed E-state index contributed by atoms with van der Waals surface area (Å²) in [5.41, 5.74) is 5.35. The minimum Gasteiger partial charge on any atom is -0.398 e. The Morgan fingerprint density at radius 1 is 1.15 bits per heavy atom. The first-order valence-electron chi connectivity index (χ1n) is 3.01. The molecule has 1 aromatic carbocycles. The second kappa shape index (κ2) is 3.53. The van der Waals surface area contributed by atoms with Gasteiger partial charge in [-0.15, -0.1) is 0 Å². The number of nitrogens with two attached hydrogens (primary N) is 1. The normalized spacial score (nSPS) is 11.6. The van der Waals surface area contributed by atoms with Gasteiger partial charge in [-0.05, 0) is 12.1 Å². The molecule has 0 aliphatic heterocycles. The van der Waals surface area contributed by atoms with Crippen LogP contribution in [-0.4, -0.2) is 8.42 Å². The SMILES string of the molecule is Nc1cc(Cl)c(Cl)cc1S(=O)(=O)Cl. The predicted octanol–water partition coefficient (Wildman–Crippen LogP) is 2.50. The molecule has 0 saturated carbocycles. The fraction of sp³-hybridized carbons (Fsp3) is 0. The van der Waals surface area contributed by atoms with E-state index in [0.29, 0.717) is 0 Å². The van der Waals surface area contributed by atoms with Gasteiger partial charge in [-0.1, -0.05) is 23.2 Å². The van der Waals surface area contributed by atoms with Crippen LogP contribution in [0.15, 0.2) is 17.0 Å². The maximum Gasteiger partial charge on any atom is 0.263 e. The number of nitrogen functional groups attached to an aromatic ring is 1. The van der Waals surface area contributed by atoms with Gasteiger partial charge in [0.15, 0.2) is 0 Å². The maximum atomic E-state index is 10.9. The van der Waals surface area contributed by atoms with Gasteiger partial charge in [0.2, 0.25) is 0 Å². The van der Waals surface area contributed by atoms with Crippen molar-refractivity contribution in [1.29, 1.82) is 0 Å². The average molecular weight is 261 g/mol. The summed E-state index contributed by atoms with van der Waals surface area (Å²) >= 11 is 11.2. The maximum absolute atomic E-state index is 10.9. The van der Waals surface area contributed by atoms with Crippen molar-refractivity contribution in [1.82, 2.24) is 0 Å². The summed E-state index contributed by atoms with van der Waals surface area (Å²) in [5.74, 6) is 0. The van der Waals surface area contributed by atoms with Gasteiger partial charge in [-0.2, -0.15) is 0 Å². The lowest BCUT2D eigenvalue weighted by Gasteiger charge is -2.03. The Kier molecular flexibility index (Phi) is 2.97. The fourth-order valence-corrected chi connectivity index (χ4v) is 2.16. The van der Waals surface area contributed by atoms with Crippen LogP contribution >= 0.6 is 33.9 Å². The molecule has 1 rings (SSSR count). The summed E-state index contributed by atoms with van der Waals surface area (Å²) in [5, 5.41) is 0.276. The van der Waals surface area contributed by atoms with E-state index in [0.717, 1.165) is 6.07 Å². The summed E-state index contributed by atoms with van der Waals surface area (Å²) in [7, 11) is 1.21. The quantitative estimate of drug-likeness (QED) is 0.623. The Morgan fingerprint density at radius 3 is 2.08 bits per heavy atom. The lowest BCUT2D eigenvalue weighted by atomic mass is 10.3. The molecule has 0 aromatic heterocycles. The molecule has 0 aliphatic rings. The third kappa shape index (κ3) is 2.40. The molecule has 2 N–H and O–H groups in total. The smallest absolute Gasteiger partial charge is 0.263 e. The predicted molar refractivity (Wildman–Crippen MR) is 53.9 cm³/mol. The van der Waals surface area contributed by atoms with Crippen molar-refractivity contribution in [3.8, 4) is 0 Å². The first-order valence-corrected chi connectivity index (χ1v) is 6.08. The molecule has 3 nitrogen and oxygen atoms in total. The molecule has 0 unspecified atom stereocenters. The largest absolute Gasteiger partial charge is 0.398 e. The van der Waals surface area contributed by atoms with Gasteiger partial charge in [0.05, 0.1) is 15.7 Å². The first-order chi connectivity index (χ1) is 5.82. The van der Waals surface area contributed by atoms with E-state index >= 15 is 0 Å². The van der Waals surface area contributed by atoms with Crippen molar-refractivity contribution < 1.29 is 8.42 Å². The number of benzene rings is 1. The van der Waals surface area contributed by atoms with Gasteiger partial charge in [-0.25, -0.2) is 8.42 Å². The lowest BCUT2D eigenvalue weighted by Crippen LogP contribution is -1.98. The van der Waals surface area contributed by atoms with Crippen molar-refractivity contribution in [2.24, 2.45) is 0 Å². The highest BCUT2D eigenvalue weighted by Gasteiger charge is 2.16. The Balaban J connectivity index is 3.50. The number of rotatable bonds is 1. The van der Waals surface area contributed by atoms with Crippen molar-refractivity contribution in [3.05, 3.63) is 22.2 Å². The zero-order valence-electron chi connectivity index (χ0n) is 6.09. The van der Waals surface area contributed by atoms with Crippen LogP contribution in [0.4, 0.5) is 5.69 Å². The molecule has 0 saturated heterocycles. The second-order valence-corrected chi connectivity index (χ2v) is 5.59.